The monoisotopic (exact) mass is 431 g/mol. The topological polar surface area (TPSA) is 59.1 Å². The van der Waals surface area contributed by atoms with Crippen molar-refractivity contribution < 1.29 is 9.59 Å². The van der Waals surface area contributed by atoms with Crippen molar-refractivity contribution in [2.45, 2.75) is 47.2 Å². The molecule has 7 nitrogen and oxygen atoms in total. The SMILES string of the molecule is CCN(CC)Cc1ccc(CNC(=O)N2CCCN(CC(=O)N(CC)CC)CC2)cc1. The fraction of sp³-hybridized carbons (Fsp3) is 0.667. The molecular formula is C24H41N5O2. The molecule has 1 N–H and O–H groups in total. The van der Waals surface area contributed by atoms with Gasteiger partial charge in [0, 0.05) is 52.4 Å². The van der Waals surface area contributed by atoms with Crippen molar-refractivity contribution in [1.29, 1.82) is 0 Å². The Labute approximate surface area is 188 Å². The van der Waals surface area contributed by atoms with Gasteiger partial charge in [-0.2, -0.15) is 0 Å². The summed E-state index contributed by atoms with van der Waals surface area (Å²) < 4.78 is 0. The molecule has 1 aliphatic heterocycles. The van der Waals surface area contributed by atoms with Crippen LogP contribution in [0.3, 0.4) is 0 Å². The number of amides is 3. The lowest BCUT2D eigenvalue weighted by molar-refractivity contribution is -0.132. The van der Waals surface area contributed by atoms with Crippen LogP contribution >= 0.6 is 0 Å². The minimum atomic E-state index is -0.0239. The lowest BCUT2D eigenvalue weighted by Crippen LogP contribution is -2.43. The third-order valence-electron chi connectivity index (χ3n) is 6.12. The molecule has 1 heterocycles. The van der Waals surface area contributed by atoms with Gasteiger partial charge in [0.05, 0.1) is 6.54 Å². The number of nitrogens with one attached hydrogen (secondary N) is 1. The number of hydrogen-bond acceptors (Lipinski definition) is 4. The first-order valence-electron chi connectivity index (χ1n) is 11.8. The van der Waals surface area contributed by atoms with Crippen LogP contribution in [-0.2, 0) is 17.9 Å². The molecule has 0 radical (unpaired) electrons. The van der Waals surface area contributed by atoms with Crippen molar-refractivity contribution >= 4 is 11.9 Å². The Bertz CT molecular complexity index is 671. The summed E-state index contributed by atoms with van der Waals surface area (Å²) in [4.78, 5) is 33.3. The molecule has 174 valence electrons. The quantitative estimate of drug-likeness (QED) is 0.619. The van der Waals surface area contributed by atoms with Gasteiger partial charge in [0.1, 0.15) is 0 Å². The van der Waals surface area contributed by atoms with E-state index < -0.39 is 0 Å². The highest BCUT2D eigenvalue weighted by Crippen LogP contribution is 2.09. The van der Waals surface area contributed by atoms with Crippen molar-refractivity contribution in [1.82, 2.24) is 24.9 Å². The minimum absolute atomic E-state index is 0.0239. The summed E-state index contributed by atoms with van der Waals surface area (Å²) in [5.74, 6) is 0.173. The summed E-state index contributed by atoms with van der Waals surface area (Å²) in [7, 11) is 0. The van der Waals surface area contributed by atoms with E-state index in [4.69, 9.17) is 0 Å². The van der Waals surface area contributed by atoms with Gasteiger partial charge >= 0.3 is 6.03 Å². The maximum absolute atomic E-state index is 12.7. The van der Waals surface area contributed by atoms with Crippen LogP contribution in [0.5, 0.6) is 0 Å². The predicted molar refractivity (Wildman–Crippen MR) is 126 cm³/mol. The van der Waals surface area contributed by atoms with E-state index >= 15 is 0 Å². The van der Waals surface area contributed by atoms with E-state index in [0.29, 0.717) is 19.6 Å². The van der Waals surface area contributed by atoms with Gasteiger partial charge in [-0.1, -0.05) is 38.1 Å². The maximum Gasteiger partial charge on any atom is 0.317 e. The normalized spacial score (nSPS) is 15.1. The summed E-state index contributed by atoms with van der Waals surface area (Å²) >= 11 is 0. The molecule has 2 rings (SSSR count). The van der Waals surface area contributed by atoms with Crippen LogP contribution in [0.4, 0.5) is 4.79 Å². The summed E-state index contributed by atoms with van der Waals surface area (Å²) in [5.41, 5.74) is 2.41. The largest absolute Gasteiger partial charge is 0.342 e. The highest BCUT2D eigenvalue weighted by molar-refractivity contribution is 5.78. The standard InChI is InChI=1S/C24H41N5O2/c1-5-26(6-2)19-22-12-10-21(11-13-22)18-25-24(31)29-15-9-14-27(16-17-29)20-23(30)28(7-3)8-4/h10-13H,5-9,14-20H2,1-4H3,(H,25,31). The first kappa shape index (κ1) is 25.1. The highest BCUT2D eigenvalue weighted by Gasteiger charge is 2.21. The second-order valence-electron chi connectivity index (χ2n) is 8.12. The van der Waals surface area contributed by atoms with E-state index in [1.54, 1.807) is 0 Å². The van der Waals surface area contributed by atoms with E-state index in [1.165, 1.54) is 5.56 Å². The van der Waals surface area contributed by atoms with Crippen molar-refractivity contribution in [2.75, 3.05) is 58.9 Å². The molecule has 3 amide bonds. The molecule has 0 unspecified atom stereocenters. The summed E-state index contributed by atoms with van der Waals surface area (Å²) in [5, 5.41) is 3.05. The van der Waals surface area contributed by atoms with E-state index in [0.717, 1.165) is 64.3 Å². The summed E-state index contributed by atoms with van der Waals surface area (Å²) in [6.07, 6.45) is 0.888. The number of hydrogen-bond donors (Lipinski definition) is 1. The molecule has 1 aromatic carbocycles. The van der Waals surface area contributed by atoms with Gasteiger partial charge in [-0.15, -0.1) is 0 Å². The van der Waals surface area contributed by atoms with Crippen LogP contribution in [0.25, 0.3) is 0 Å². The van der Waals surface area contributed by atoms with Gasteiger partial charge in [-0.3, -0.25) is 14.6 Å². The van der Waals surface area contributed by atoms with Crippen molar-refractivity contribution in [3.05, 3.63) is 35.4 Å². The number of carbonyl (C=O) groups is 2. The van der Waals surface area contributed by atoms with Crippen molar-refractivity contribution in [2.24, 2.45) is 0 Å². The molecule has 1 saturated heterocycles. The van der Waals surface area contributed by atoms with Crippen LogP contribution in [0.15, 0.2) is 24.3 Å². The smallest absolute Gasteiger partial charge is 0.317 e. The highest BCUT2D eigenvalue weighted by atomic mass is 16.2. The zero-order valence-electron chi connectivity index (χ0n) is 19.9. The van der Waals surface area contributed by atoms with E-state index in [-0.39, 0.29) is 11.9 Å². The van der Waals surface area contributed by atoms with Gasteiger partial charge in [-0.05, 0) is 44.5 Å². The zero-order valence-corrected chi connectivity index (χ0v) is 19.9. The van der Waals surface area contributed by atoms with Gasteiger partial charge in [0.15, 0.2) is 0 Å². The van der Waals surface area contributed by atoms with Gasteiger partial charge in [0.25, 0.3) is 0 Å². The van der Waals surface area contributed by atoms with E-state index in [1.807, 2.05) is 23.6 Å². The fourth-order valence-corrected chi connectivity index (χ4v) is 3.96. The first-order valence-corrected chi connectivity index (χ1v) is 11.8. The van der Waals surface area contributed by atoms with Gasteiger partial charge < -0.3 is 15.1 Å². The molecule has 0 spiro atoms. The second kappa shape index (κ2) is 13.3. The molecular weight excluding hydrogens is 390 g/mol. The Morgan fingerprint density at radius 2 is 1.52 bits per heavy atom. The second-order valence-corrected chi connectivity index (χ2v) is 8.12. The molecule has 0 saturated carbocycles. The molecule has 1 fully saturated rings. The lowest BCUT2D eigenvalue weighted by atomic mass is 10.1. The summed E-state index contributed by atoms with van der Waals surface area (Å²) in [6.45, 7) is 16.9. The Morgan fingerprint density at radius 1 is 0.871 bits per heavy atom. The Hall–Kier alpha value is -2.12. The zero-order chi connectivity index (χ0) is 22.6. The Balaban J connectivity index is 1.78. The average Bonchev–Trinajstić information content (AvgIpc) is 3.03. The number of likely N-dealkylation sites (N-methyl/N-ethyl adjacent to an activating group) is 1. The molecule has 0 bridgehead atoms. The number of benzene rings is 1. The van der Waals surface area contributed by atoms with E-state index in [9.17, 15) is 9.59 Å². The Morgan fingerprint density at radius 3 is 2.13 bits per heavy atom. The maximum atomic E-state index is 12.7. The van der Waals surface area contributed by atoms with Crippen LogP contribution in [0.1, 0.15) is 45.2 Å². The molecule has 0 aliphatic carbocycles. The van der Waals surface area contributed by atoms with Crippen molar-refractivity contribution in [3.8, 4) is 0 Å². The van der Waals surface area contributed by atoms with E-state index in [2.05, 4.69) is 53.2 Å². The molecule has 0 aromatic heterocycles. The van der Waals surface area contributed by atoms with Crippen molar-refractivity contribution in [3.63, 3.8) is 0 Å². The third-order valence-corrected chi connectivity index (χ3v) is 6.12. The fourth-order valence-electron chi connectivity index (χ4n) is 3.96. The lowest BCUT2D eigenvalue weighted by Gasteiger charge is -2.25. The summed E-state index contributed by atoms with van der Waals surface area (Å²) in [6, 6.07) is 8.47. The number of carbonyl (C=O) groups excluding carboxylic acids is 2. The van der Waals surface area contributed by atoms with Crippen LogP contribution in [-0.4, -0.2) is 90.4 Å². The Kier molecular flexibility index (Phi) is 10.8. The molecule has 7 heteroatoms. The van der Waals surface area contributed by atoms with Gasteiger partial charge in [0.2, 0.25) is 5.91 Å². The molecule has 1 aromatic rings. The average molecular weight is 432 g/mol. The number of nitrogens with zero attached hydrogens (tertiary/aromatic N) is 4. The van der Waals surface area contributed by atoms with Gasteiger partial charge in [-0.25, -0.2) is 4.79 Å². The molecule has 1 aliphatic rings. The molecule has 0 atom stereocenters. The third kappa shape index (κ3) is 8.15. The van der Waals surface area contributed by atoms with Crippen LogP contribution in [0, 0.1) is 0 Å². The first-order chi connectivity index (χ1) is 15.0. The minimum Gasteiger partial charge on any atom is -0.342 e. The van der Waals surface area contributed by atoms with Crippen LogP contribution < -0.4 is 5.32 Å². The van der Waals surface area contributed by atoms with Crippen LogP contribution in [0.2, 0.25) is 0 Å². The molecule has 31 heavy (non-hydrogen) atoms. The predicted octanol–water partition coefficient (Wildman–Crippen LogP) is 2.61. The number of urea groups is 1. The number of rotatable bonds is 10.